The third-order valence-corrected chi connectivity index (χ3v) is 4.62. The molecule has 3 rings (SSSR count). The van der Waals surface area contributed by atoms with Gasteiger partial charge in [-0.25, -0.2) is 4.79 Å². The zero-order valence-electron chi connectivity index (χ0n) is 14.9. The molecule has 1 aromatic heterocycles. The number of fused-ring (bicyclic) bond motifs is 1. The third kappa shape index (κ3) is 3.46. The Bertz CT molecular complexity index is 1040. The first kappa shape index (κ1) is 18.4. The number of aromatic nitrogens is 1. The minimum absolute atomic E-state index is 0.0502. The summed E-state index contributed by atoms with van der Waals surface area (Å²) in [5.41, 5.74) is 8.80. The van der Waals surface area contributed by atoms with E-state index in [2.05, 4.69) is 0 Å². The molecule has 0 aliphatic rings. The first-order valence-corrected chi connectivity index (χ1v) is 8.66. The SMILES string of the molecule is CCc1c(CC(N)=O)c2c(C(=O)C(=O)O)cccc2n1Cc1ccccc1. The van der Waals surface area contributed by atoms with Crippen LogP contribution in [0.2, 0.25) is 0 Å². The van der Waals surface area contributed by atoms with Crippen molar-refractivity contribution in [2.75, 3.05) is 0 Å². The van der Waals surface area contributed by atoms with Crippen molar-refractivity contribution in [3.63, 3.8) is 0 Å². The highest BCUT2D eigenvalue weighted by Gasteiger charge is 2.25. The highest BCUT2D eigenvalue weighted by Crippen LogP contribution is 2.31. The van der Waals surface area contributed by atoms with Crippen LogP contribution in [0.4, 0.5) is 0 Å². The molecule has 0 saturated heterocycles. The van der Waals surface area contributed by atoms with E-state index in [-0.39, 0.29) is 12.0 Å². The molecule has 6 nitrogen and oxygen atoms in total. The van der Waals surface area contributed by atoms with Crippen molar-refractivity contribution in [2.45, 2.75) is 26.3 Å². The molecule has 138 valence electrons. The van der Waals surface area contributed by atoms with E-state index >= 15 is 0 Å². The van der Waals surface area contributed by atoms with Gasteiger partial charge in [0.2, 0.25) is 5.91 Å². The number of amides is 1. The first-order valence-electron chi connectivity index (χ1n) is 8.66. The Morgan fingerprint density at radius 2 is 1.74 bits per heavy atom. The van der Waals surface area contributed by atoms with Gasteiger partial charge in [-0.05, 0) is 23.6 Å². The number of hydrogen-bond acceptors (Lipinski definition) is 3. The molecule has 6 heteroatoms. The van der Waals surface area contributed by atoms with Gasteiger partial charge in [0, 0.05) is 28.7 Å². The molecule has 0 fully saturated rings. The third-order valence-electron chi connectivity index (χ3n) is 4.62. The normalized spacial score (nSPS) is 10.9. The average Bonchev–Trinajstić information content (AvgIpc) is 2.94. The highest BCUT2D eigenvalue weighted by molar-refractivity contribution is 6.42. The second-order valence-corrected chi connectivity index (χ2v) is 6.33. The van der Waals surface area contributed by atoms with E-state index < -0.39 is 17.7 Å². The molecule has 2 aromatic carbocycles. The fourth-order valence-electron chi connectivity index (χ4n) is 3.55. The largest absolute Gasteiger partial charge is 0.475 e. The van der Waals surface area contributed by atoms with Crippen LogP contribution in [0, 0.1) is 0 Å². The quantitative estimate of drug-likeness (QED) is 0.497. The maximum absolute atomic E-state index is 12.2. The summed E-state index contributed by atoms with van der Waals surface area (Å²) in [5.74, 6) is -3.05. The Kier molecular flexibility index (Phi) is 5.07. The molecule has 1 heterocycles. The maximum atomic E-state index is 12.2. The van der Waals surface area contributed by atoms with Gasteiger partial charge >= 0.3 is 5.97 Å². The number of primary amides is 1. The molecule has 0 aliphatic carbocycles. The van der Waals surface area contributed by atoms with Gasteiger partial charge in [0.25, 0.3) is 5.78 Å². The molecule has 0 bridgehead atoms. The van der Waals surface area contributed by atoms with Crippen LogP contribution in [-0.2, 0) is 29.0 Å². The van der Waals surface area contributed by atoms with Crippen molar-refractivity contribution < 1.29 is 19.5 Å². The summed E-state index contributed by atoms with van der Waals surface area (Å²) < 4.78 is 2.03. The molecule has 0 unspecified atom stereocenters. The van der Waals surface area contributed by atoms with Gasteiger partial charge in [-0.2, -0.15) is 0 Å². The van der Waals surface area contributed by atoms with Crippen molar-refractivity contribution >= 4 is 28.6 Å². The number of nitrogens with zero attached hydrogens (tertiary/aromatic N) is 1. The number of nitrogens with two attached hydrogens (primary N) is 1. The summed E-state index contributed by atoms with van der Waals surface area (Å²) in [6.07, 6.45) is 0.566. The van der Waals surface area contributed by atoms with E-state index in [1.165, 1.54) is 6.07 Å². The second kappa shape index (κ2) is 7.45. The van der Waals surface area contributed by atoms with E-state index in [1.54, 1.807) is 6.07 Å². The molecule has 3 aromatic rings. The Labute approximate surface area is 156 Å². The number of Topliss-reactive ketones (excluding diaryl/α,β-unsaturated/α-hetero) is 1. The zero-order valence-corrected chi connectivity index (χ0v) is 14.9. The van der Waals surface area contributed by atoms with Crippen LogP contribution in [0.3, 0.4) is 0 Å². The van der Waals surface area contributed by atoms with Crippen molar-refractivity contribution in [1.29, 1.82) is 0 Å². The van der Waals surface area contributed by atoms with E-state index in [4.69, 9.17) is 5.73 Å². The summed E-state index contributed by atoms with van der Waals surface area (Å²) in [6, 6.07) is 14.8. The van der Waals surface area contributed by atoms with Crippen LogP contribution in [0.15, 0.2) is 48.5 Å². The summed E-state index contributed by atoms with van der Waals surface area (Å²) in [6.45, 7) is 2.50. The molecule has 3 N–H and O–H groups in total. The molecular weight excluding hydrogens is 344 g/mol. The van der Waals surface area contributed by atoms with E-state index in [0.717, 1.165) is 16.8 Å². The number of carbonyl (C=O) groups is 3. The molecule has 0 spiro atoms. The Morgan fingerprint density at radius 3 is 2.33 bits per heavy atom. The predicted octanol–water partition coefficient (Wildman–Crippen LogP) is 2.55. The molecule has 1 amide bonds. The lowest BCUT2D eigenvalue weighted by Gasteiger charge is -2.11. The number of rotatable bonds is 7. The maximum Gasteiger partial charge on any atom is 0.377 e. The lowest BCUT2D eigenvalue weighted by atomic mass is 9.99. The number of ketones is 1. The summed E-state index contributed by atoms with van der Waals surface area (Å²) in [5, 5.41) is 9.68. The average molecular weight is 364 g/mol. The molecule has 0 atom stereocenters. The number of carbonyl (C=O) groups excluding carboxylic acids is 2. The van der Waals surface area contributed by atoms with Gasteiger partial charge in [0.1, 0.15) is 0 Å². The number of hydrogen-bond donors (Lipinski definition) is 2. The summed E-state index contributed by atoms with van der Waals surface area (Å²) in [4.78, 5) is 35.2. The zero-order chi connectivity index (χ0) is 19.6. The van der Waals surface area contributed by atoms with Crippen LogP contribution < -0.4 is 5.73 Å². The monoisotopic (exact) mass is 364 g/mol. The van der Waals surface area contributed by atoms with Gasteiger partial charge in [-0.1, -0.05) is 49.4 Å². The first-order chi connectivity index (χ1) is 12.9. The summed E-state index contributed by atoms with van der Waals surface area (Å²) in [7, 11) is 0. The molecule has 27 heavy (non-hydrogen) atoms. The molecule has 0 radical (unpaired) electrons. The van der Waals surface area contributed by atoms with E-state index in [9.17, 15) is 19.5 Å². The van der Waals surface area contributed by atoms with Gasteiger partial charge in [-0.15, -0.1) is 0 Å². The minimum Gasteiger partial charge on any atom is -0.475 e. The highest BCUT2D eigenvalue weighted by atomic mass is 16.4. The number of benzene rings is 2. The van der Waals surface area contributed by atoms with Crippen LogP contribution in [0.1, 0.15) is 34.1 Å². The number of carboxylic acid groups (broad SMARTS) is 1. The fourth-order valence-corrected chi connectivity index (χ4v) is 3.55. The van der Waals surface area contributed by atoms with Gasteiger partial charge < -0.3 is 15.4 Å². The van der Waals surface area contributed by atoms with Gasteiger partial charge in [0.15, 0.2) is 0 Å². The molecular formula is C21H20N2O4. The standard InChI is InChI=1S/C21H20N2O4/c1-2-16-15(11-18(22)24)19-14(20(25)21(26)27)9-6-10-17(19)23(16)12-13-7-4-3-5-8-13/h3-10H,2,11-12H2,1H3,(H2,22,24)(H,26,27). The Hall–Kier alpha value is -3.41. The number of aliphatic carboxylic acids is 1. The van der Waals surface area contributed by atoms with E-state index in [1.807, 2.05) is 47.9 Å². The van der Waals surface area contributed by atoms with Crippen molar-refractivity contribution in [1.82, 2.24) is 4.57 Å². The van der Waals surface area contributed by atoms with Crippen molar-refractivity contribution in [3.05, 3.63) is 70.9 Å². The summed E-state index contributed by atoms with van der Waals surface area (Å²) >= 11 is 0. The predicted molar refractivity (Wildman–Crippen MR) is 102 cm³/mol. The molecule has 0 saturated carbocycles. The van der Waals surface area contributed by atoms with Gasteiger partial charge in [-0.3, -0.25) is 9.59 Å². The van der Waals surface area contributed by atoms with Crippen LogP contribution in [0.5, 0.6) is 0 Å². The fraction of sp³-hybridized carbons (Fsp3) is 0.190. The second-order valence-electron chi connectivity index (χ2n) is 6.33. The smallest absolute Gasteiger partial charge is 0.377 e. The van der Waals surface area contributed by atoms with Crippen molar-refractivity contribution in [3.8, 4) is 0 Å². The number of carboxylic acids is 1. The molecule has 0 aliphatic heterocycles. The van der Waals surface area contributed by atoms with Gasteiger partial charge in [0.05, 0.1) is 6.42 Å². The van der Waals surface area contributed by atoms with Crippen LogP contribution >= 0.6 is 0 Å². The van der Waals surface area contributed by atoms with Crippen LogP contribution in [-0.4, -0.2) is 27.3 Å². The van der Waals surface area contributed by atoms with Crippen molar-refractivity contribution in [2.24, 2.45) is 5.73 Å². The lowest BCUT2D eigenvalue weighted by molar-refractivity contribution is -0.131. The lowest BCUT2D eigenvalue weighted by Crippen LogP contribution is -2.16. The van der Waals surface area contributed by atoms with Crippen LogP contribution in [0.25, 0.3) is 10.9 Å². The Morgan fingerprint density at radius 1 is 1.04 bits per heavy atom. The minimum atomic E-state index is -1.53. The topological polar surface area (TPSA) is 102 Å². The Balaban J connectivity index is 2.32. The van der Waals surface area contributed by atoms with E-state index in [0.29, 0.717) is 23.9 Å².